The second kappa shape index (κ2) is 3.24. The van der Waals surface area contributed by atoms with Crippen LogP contribution in [0.3, 0.4) is 0 Å². The van der Waals surface area contributed by atoms with Crippen molar-refractivity contribution < 1.29 is 15.0 Å². The minimum atomic E-state index is -1.04. The van der Waals surface area contributed by atoms with Crippen LogP contribution in [-0.4, -0.2) is 22.7 Å². The molecule has 1 aliphatic rings. The van der Waals surface area contributed by atoms with E-state index < -0.39 is 11.5 Å². The molecule has 4 heteroatoms. The fourth-order valence-electron chi connectivity index (χ4n) is 2.01. The number of benzene rings is 1. The molecule has 15 heavy (non-hydrogen) atoms. The Kier molecular flexibility index (Phi) is 2.16. The third-order valence-electron chi connectivity index (χ3n) is 2.93. The van der Waals surface area contributed by atoms with Crippen molar-refractivity contribution in [3.63, 3.8) is 0 Å². The number of carbonyl (C=O) groups is 1. The van der Waals surface area contributed by atoms with Crippen molar-refractivity contribution in [3.8, 4) is 5.75 Å². The van der Waals surface area contributed by atoms with E-state index in [0.29, 0.717) is 6.54 Å². The molecule has 80 valence electrons. The van der Waals surface area contributed by atoms with Crippen LogP contribution in [-0.2, 0) is 16.8 Å². The van der Waals surface area contributed by atoms with Gasteiger partial charge in [0.1, 0.15) is 11.3 Å². The summed E-state index contributed by atoms with van der Waals surface area (Å²) in [6.45, 7) is 2.25. The highest BCUT2D eigenvalue weighted by molar-refractivity contribution is 5.81. The maximum absolute atomic E-state index is 11.2. The van der Waals surface area contributed by atoms with Crippen LogP contribution in [0.4, 0.5) is 0 Å². The van der Waals surface area contributed by atoms with Crippen LogP contribution in [0.25, 0.3) is 0 Å². The average Bonchev–Trinajstić information content (AvgIpc) is 2.17. The molecule has 3 N–H and O–H groups in total. The van der Waals surface area contributed by atoms with E-state index in [0.717, 1.165) is 17.5 Å². The second-order valence-corrected chi connectivity index (χ2v) is 3.95. The topological polar surface area (TPSA) is 69.6 Å². The van der Waals surface area contributed by atoms with Crippen molar-refractivity contribution in [2.24, 2.45) is 0 Å². The summed E-state index contributed by atoms with van der Waals surface area (Å²) in [5.41, 5.74) is 0.596. The summed E-state index contributed by atoms with van der Waals surface area (Å²) < 4.78 is 0. The molecular weight excluding hydrogens is 194 g/mol. The van der Waals surface area contributed by atoms with Crippen LogP contribution in [0.1, 0.15) is 18.1 Å². The first-order valence-electron chi connectivity index (χ1n) is 4.85. The lowest BCUT2D eigenvalue weighted by atomic mass is 9.84. The van der Waals surface area contributed by atoms with Crippen LogP contribution in [0.15, 0.2) is 18.2 Å². The summed E-state index contributed by atoms with van der Waals surface area (Å²) in [6, 6.07) is 4.83. The predicted molar refractivity (Wildman–Crippen MR) is 54.8 cm³/mol. The van der Waals surface area contributed by atoms with Crippen molar-refractivity contribution in [1.82, 2.24) is 5.32 Å². The van der Waals surface area contributed by atoms with Gasteiger partial charge in [-0.15, -0.1) is 0 Å². The molecule has 0 spiro atoms. The maximum atomic E-state index is 11.2. The van der Waals surface area contributed by atoms with Gasteiger partial charge in [0.15, 0.2) is 0 Å². The quantitative estimate of drug-likeness (QED) is 0.638. The third-order valence-corrected chi connectivity index (χ3v) is 2.93. The monoisotopic (exact) mass is 207 g/mol. The molecule has 0 aliphatic carbocycles. The van der Waals surface area contributed by atoms with Gasteiger partial charge in [-0.3, -0.25) is 5.32 Å². The van der Waals surface area contributed by atoms with Crippen LogP contribution in [0.2, 0.25) is 0 Å². The Labute approximate surface area is 87.6 Å². The Hall–Kier alpha value is -1.55. The smallest absolute Gasteiger partial charge is 0.328 e. The van der Waals surface area contributed by atoms with Gasteiger partial charge in [-0.05, 0) is 36.6 Å². The lowest BCUT2D eigenvalue weighted by Gasteiger charge is -2.33. The molecule has 1 atom stereocenters. The molecule has 4 nitrogen and oxygen atoms in total. The van der Waals surface area contributed by atoms with Gasteiger partial charge in [-0.1, -0.05) is 6.07 Å². The zero-order chi connectivity index (χ0) is 11.1. The number of fused-ring (bicyclic) bond motifs is 1. The number of phenols is 1. The van der Waals surface area contributed by atoms with Gasteiger partial charge >= 0.3 is 5.97 Å². The van der Waals surface area contributed by atoms with Crippen molar-refractivity contribution >= 4 is 5.97 Å². The van der Waals surface area contributed by atoms with Crippen LogP contribution in [0.5, 0.6) is 5.75 Å². The van der Waals surface area contributed by atoms with Crippen molar-refractivity contribution in [3.05, 3.63) is 29.3 Å². The molecule has 0 saturated carbocycles. The van der Waals surface area contributed by atoms with E-state index in [1.807, 2.05) is 0 Å². The molecule has 1 unspecified atom stereocenters. The molecule has 0 fully saturated rings. The van der Waals surface area contributed by atoms with E-state index in [1.165, 1.54) is 6.07 Å². The highest BCUT2D eigenvalue weighted by Crippen LogP contribution is 2.30. The summed E-state index contributed by atoms with van der Waals surface area (Å²) in [4.78, 5) is 11.2. The van der Waals surface area contributed by atoms with Gasteiger partial charge in [0.05, 0.1) is 0 Å². The summed E-state index contributed by atoms with van der Waals surface area (Å²) in [5.74, 6) is -0.711. The zero-order valence-corrected chi connectivity index (χ0v) is 8.45. The predicted octanol–water partition coefficient (Wildman–Crippen LogP) is 0.838. The minimum absolute atomic E-state index is 0.184. The molecule has 1 aliphatic heterocycles. The SMILES string of the molecule is CC1(C(=O)O)NCCc2cc(O)ccc21. The summed E-state index contributed by atoms with van der Waals surface area (Å²) in [7, 11) is 0. The first-order valence-corrected chi connectivity index (χ1v) is 4.85. The van der Waals surface area contributed by atoms with Crippen LogP contribution in [0, 0.1) is 0 Å². The average molecular weight is 207 g/mol. The molecule has 1 heterocycles. The third kappa shape index (κ3) is 1.47. The second-order valence-electron chi connectivity index (χ2n) is 3.95. The zero-order valence-electron chi connectivity index (χ0n) is 8.45. The van der Waals surface area contributed by atoms with Crippen molar-refractivity contribution in [2.75, 3.05) is 6.54 Å². The number of nitrogens with one attached hydrogen (secondary N) is 1. The molecule has 1 aromatic carbocycles. The molecule has 1 aromatic rings. The Balaban J connectivity index is 2.56. The maximum Gasteiger partial charge on any atom is 0.328 e. The summed E-state index contributed by atoms with van der Waals surface area (Å²) in [6.07, 6.45) is 0.743. The molecule has 0 aromatic heterocycles. The fourth-order valence-corrected chi connectivity index (χ4v) is 2.01. The molecule has 2 rings (SSSR count). The molecule has 0 radical (unpaired) electrons. The fraction of sp³-hybridized carbons (Fsp3) is 0.364. The van der Waals surface area contributed by atoms with Crippen LogP contribution >= 0.6 is 0 Å². The summed E-state index contributed by atoms with van der Waals surface area (Å²) in [5, 5.41) is 21.5. The Morgan fingerprint density at radius 1 is 1.53 bits per heavy atom. The van der Waals surface area contributed by atoms with E-state index in [1.54, 1.807) is 19.1 Å². The van der Waals surface area contributed by atoms with E-state index >= 15 is 0 Å². The summed E-state index contributed by atoms with van der Waals surface area (Å²) >= 11 is 0. The highest BCUT2D eigenvalue weighted by Gasteiger charge is 2.38. The molecule has 0 amide bonds. The van der Waals surface area contributed by atoms with Gasteiger partial charge < -0.3 is 10.2 Å². The number of carboxylic acid groups (broad SMARTS) is 1. The molecular formula is C11H13NO3. The van der Waals surface area contributed by atoms with E-state index in [4.69, 9.17) is 0 Å². The number of hydrogen-bond acceptors (Lipinski definition) is 3. The van der Waals surface area contributed by atoms with E-state index in [2.05, 4.69) is 5.32 Å². The largest absolute Gasteiger partial charge is 0.508 e. The van der Waals surface area contributed by atoms with E-state index in [-0.39, 0.29) is 5.75 Å². The first kappa shape index (κ1) is 9.98. The van der Waals surface area contributed by atoms with Crippen LogP contribution < -0.4 is 5.32 Å². The Morgan fingerprint density at radius 2 is 2.27 bits per heavy atom. The lowest BCUT2D eigenvalue weighted by molar-refractivity contribution is -0.144. The van der Waals surface area contributed by atoms with Crippen molar-refractivity contribution in [1.29, 1.82) is 0 Å². The Morgan fingerprint density at radius 3 is 2.93 bits per heavy atom. The number of phenolic OH excluding ortho intramolecular Hbond substituents is 1. The number of carboxylic acids is 1. The van der Waals surface area contributed by atoms with Crippen molar-refractivity contribution in [2.45, 2.75) is 18.9 Å². The highest BCUT2D eigenvalue weighted by atomic mass is 16.4. The standard InChI is InChI=1S/C11H13NO3/c1-11(10(14)15)9-3-2-8(13)6-7(9)4-5-12-11/h2-3,6,12-13H,4-5H2,1H3,(H,14,15). The number of hydrogen-bond donors (Lipinski definition) is 3. The number of rotatable bonds is 1. The Bertz CT molecular complexity index is 416. The first-order chi connectivity index (χ1) is 7.04. The normalized spacial score (nSPS) is 24.6. The minimum Gasteiger partial charge on any atom is -0.508 e. The number of aliphatic carboxylic acids is 1. The van der Waals surface area contributed by atoms with Gasteiger partial charge in [0, 0.05) is 6.54 Å². The van der Waals surface area contributed by atoms with Gasteiger partial charge in [0.25, 0.3) is 0 Å². The molecule has 0 saturated heterocycles. The number of aromatic hydroxyl groups is 1. The van der Waals surface area contributed by atoms with Gasteiger partial charge in [0.2, 0.25) is 0 Å². The van der Waals surface area contributed by atoms with E-state index in [9.17, 15) is 15.0 Å². The van der Waals surface area contributed by atoms with Gasteiger partial charge in [-0.2, -0.15) is 0 Å². The molecule has 0 bridgehead atoms. The lowest BCUT2D eigenvalue weighted by Crippen LogP contribution is -2.50. The van der Waals surface area contributed by atoms with Gasteiger partial charge in [-0.25, -0.2) is 4.79 Å².